The average Bonchev–Trinajstić information content (AvgIpc) is 3.40. The summed E-state index contributed by atoms with van der Waals surface area (Å²) in [6, 6.07) is 52.2. The summed E-state index contributed by atoms with van der Waals surface area (Å²) in [5.74, 6) is 1.57. The molecule has 0 saturated heterocycles. The van der Waals surface area contributed by atoms with Gasteiger partial charge in [-0.1, -0.05) is 97.1 Å². The van der Waals surface area contributed by atoms with Crippen molar-refractivity contribution in [1.29, 1.82) is 0 Å². The smallest absolute Gasteiger partial charge is 0.230 e. The van der Waals surface area contributed by atoms with Crippen LogP contribution in [0.5, 0.6) is 11.5 Å². The average molecular weight is 594 g/mol. The van der Waals surface area contributed by atoms with E-state index in [9.17, 15) is 0 Å². The highest BCUT2D eigenvalue weighted by molar-refractivity contribution is 6.06. The van der Waals surface area contributed by atoms with Crippen LogP contribution < -0.4 is 9.47 Å². The Morgan fingerprint density at radius 3 is 1.78 bits per heavy atom. The van der Waals surface area contributed by atoms with Gasteiger partial charge in [-0.25, -0.2) is 4.98 Å². The minimum atomic E-state index is 0.134. The molecule has 0 atom stereocenters. The lowest BCUT2D eigenvalue weighted by molar-refractivity contribution is 0.125. The Morgan fingerprint density at radius 1 is 0.391 bits per heavy atom. The minimum Gasteiger partial charge on any atom is -0.457 e. The Balaban J connectivity index is 1.13. The van der Waals surface area contributed by atoms with Gasteiger partial charge in [0.1, 0.15) is 22.7 Å². The Hall–Kier alpha value is -6.13. The highest BCUT2D eigenvalue weighted by Crippen LogP contribution is 2.44. The van der Waals surface area contributed by atoms with Crippen molar-refractivity contribution in [1.82, 2.24) is 4.98 Å². The molecule has 1 aliphatic rings. The third-order valence-corrected chi connectivity index (χ3v) is 8.69. The van der Waals surface area contributed by atoms with Crippen LogP contribution in [0.15, 0.2) is 156 Å². The number of hydrogen-bond acceptors (Lipinski definition) is 4. The van der Waals surface area contributed by atoms with Crippen LogP contribution in [0, 0.1) is 0 Å². The van der Waals surface area contributed by atoms with Gasteiger partial charge in [-0.2, -0.15) is 0 Å². The molecule has 3 heterocycles. The molecule has 0 spiro atoms. The van der Waals surface area contributed by atoms with Crippen molar-refractivity contribution in [2.24, 2.45) is 0 Å². The molecular formula is C42H27NO3. The molecule has 0 unspecified atom stereocenters. The van der Waals surface area contributed by atoms with Crippen LogP contribution >= 0.6 is 0 Å². The number of benzene rings is 6. The summed E-state index contributed by atoms with van der Waals surface area (Å²) in [6.45, 7) is 0.134. The van der Waals surface area contributed by atoms with Crippen LogP contribution in [0.1, 0.15) is 0 Å². The van der Waals surface area contributed by atoms with Crippen molar-refractivity contribution in [3.63, 3.8) is 0 Å². The molecule has 0 radical (unpaired) electrons. The molecule has 1 aliphatic heterocycles. The molecule has 0 N–H and O–H groups in total. The first-order chi connectivity index (χ1) is 22.8. The Morgan fingerprint density at radius 2 is 1.00 bits per heavy atom. The van der Waals surface area contributed by atoms with Crippen molar-refractivity contribution in [2.45, 2.75) is 0 Å². The number of fused-ring (bicyclic) bond motifs is 6. The lowest BCUT2D eigenvalue weighted by Gasteiger charge is -2.13. The summed E-state index contributed by atoms with van der Waals surface area (Å²) in [6.07, 6.45) is 0. The van der Waals surface area contributed by atoms with E-state index >= 15 is 0 Å². The molecule has 0 saturated carbocycles. The maximum atomic E-state index is 6.21. The van der Waals surface area contributed by atoms with Gasteiger partial charge >= 0.3 is 0 Å². The second-order valence-corrected chi connectivity index (χ2v) is 11.5. The van der Waals surface area contributed by atoms with E-state index in [0.29, 0.717) is 0 Å². The highest BCUT2D eigenvalue weighted by atomic mass is 16.7. The molecule has 0 aliphatic carbocycles. The molecule has 0 amide bonds. The molecular weight excluding hydrogens is 566 g/mol. The Labute approximate surface area is 266 Å². The van der Waals surface area contributed by atoms with Crippen LogP contribution in [0.2, 0.25) is 0 Å². The fraction of sp³-hybridized carbons (Fsp3) is 0.0238. The van der Waals surface area contributed by atoms with E-state index < -0.39 is 0 Å². The normalized spacial score (nSPS) is 12.2. The predicted molar refractivity (Wildman–Crippen MR) is 185 cm³/mol. The van der Waals surface area contributed by atoms with E-state index in [1.54, 1.807) is 0 Å². The van der Waals surface area contributed by atoms with Crippen molar-refractivity contribution in [3.05, 3.63) is 152 Å². The van der Waals surface area contributed by atoms with Gasteiger partial charge in [-0.15, -0.1) is 0 Å². The lowest BCUT2D eigenvalue weighted by Crippen LogP contribution is -2.03. The third-order valence-electron chi connectivity index (χ3n) is 8.69. The number of ether oxygens (including phenoxy) is 2. The summed E-state index contributed by atoms with van der Waals surface area (Å²) in [5.41, 5.74) is 12.0. The topological polar surface area (TPSA) is 44.5 Å². The van der Waals surface area contributed by atoms with Gasteiger partial charge in [0.15, 0.2) is 0 Å². The van der Waals surface area contributed by atoms with Gasteiger partial charge in [0, 0.05) is 33.0 Å². The zero-order valence-corrected chi connectivity index (χ0v) is 24.8. The first-order valence-corrected chi connectivity index (χ1v) is 15.4. The van der Waals surface area contributed by atoms with E-state index in [0.717, 1.165) is 89.3 Å². The number of rotatable bonds is 4. The Bertz CT molecular complexity index is 2340. The fourth-order valence-electron chi connectivity index (χ4n) is 6.36. The summed E-state index contributed by atoms with van der Waals surface area (Å²) < 4.78 is 18.5. The summed E-state index contributed by atoms with van der Waals surface area (Å²) >= 11 is 0. The standard InChI is InChI=1S/C42H27NO3/c1-3-9-27(10-4-1)37-22-32(23-38(43-37)28-11-5-2-6-12-28)31-16-19-35-36-21-29(17-20-39(36)44-26-45-41(35)24-31)30-15-18-34-33-13-7-8-14-40(33)46-42(34)25-30/h1-25H,26H2. The third kappa shape index (κ3) is 4.59. The maximum Gasteiger partial charge on any atom is 0.230 e. The van der Waals surface area contributed by atoms with Gasteiger partial charge in [0.25, 0.3) is 0 Å². The Kier molecular flexibility index (Phi) is 6.17. The summed E-state index contributed by atoms with van der Waals surface area (Å²) in [7, 11) is 0. The molecule has 4 heteroatoms. The van der Waals surface area contributed by atoms with Crippen molar-refractivity contribution >= 4 is 21.9 Å². The quantitative estimate of drug-likeness (QED) is 0.204. The number of nitrogens with zero attached hydrogens (tertiary/aromatic N) is 1. The maximum absolute atomic E-state index is 6.21. The molecule has 0 fully saturated rings. The van der Waals surface area contributed by atoms with Crippen molar-refractivity contribution in [2.75, 3.05) is 6.79 Å². The van der Waals surface area contributed by atoms with E-state index in [2.05, 4.69) is 91.0 Å². The van der Waals surface area contributed by atoms with Gasteiger partial charge in [-0.05, 0) is 76.9 Å². The highest BCUT2D eigenvalue weighted by Gasteiger charge is 2.19. The fourth-order valence-corrected chi connectivity index (χ4v) is 6.36. The van der Waals surface area contributed by atoms with E-state index in [4.69, 9.17) is 18.9 Å². The molecule has 46 heavy (non-hydrogen) atoms. The van der Waals surface area contributed by atoms with Crippen LogP contribution in [-0.2, 0) is 0 Å². The monoisotopic (exact) mass is 593 g/mol. The van der Waals surface area contributed by atoms with Crippen LogP contribution in [0.25, 0.3) is 77.8 Å². The zero-order valence-electron chi connectivity index (χ0n) is 24.8. The van der Waals surface area contributed by atoms with E-state index in [1.807, 2.05) is 60.7 Å². The number of pyridine rings is 1. The van der Waals surface area contributed by atoms with Gasteiger partial charge in [0.2, 0.25) is 6.79 Å². The van der Waals surface area contributed by atoms with Gasteiger partial charge < -0.3 is 13.9 Å². The van der Waals surface area contributed by atoms with Crippen LogP contribution in [0.3, 0.4) is 0 Å². The van der Waals surface area contributed by atoms with Crippen LogP contribution in [0.4, 0.5) is 0 Å². The molecule has 6 aromatic carbocycles. The van der Waals surface area contributed by atoms with E-state index in [-0.39, 0.29) is 6.79 Å². The van der Waals surface area contributed by atoms with Crippen molar-refractivity contribution < 1.29 is 13.9 Å². The number of para-hydroxylation sites is 1. The summed E-state index contributed by atoms with van der Waals surface area (Å²) in [5, 5.41) is 2.24. The number of furan rings is 1. The second-order valence-electron chi connectivity index (χ2n) is 11.5. The van der Waals surface area contributed by atoms with Crippen molar-refractivity contribution in [3.8, 4) is 67.4 Å². The first kappa shape index (κ1) is 26.3. The second kappa shape index (κ2) is 10.8. The number of aromatic nitrogens is 1. The van der Waals surface area contributed by atoms with Gasteiger partial charge in [0.05, 0.1) is 11.4 Å². The first-order valence-electron chi connectivity index (χ1n) is 15.4. The summed E-state index contributed by atoms with van der Waals surface area (Å²) in [4.78, 5) is 5.04. The largest absolute Gasteiger partial charge is 0.457 e. The molecule has 218 valence electrons. The van der Waals surface area contributed by atoms with Gasteiger partial charge in [-0.3, -0.25) is 0 Å². The predicted octanol–water partition coefficient (Wildman–Crippen LogP) is 11.0. The zero-order chi connectivity index (χ0) is 30.5. The molecule has 8 aromatic rings. The molecule has 4 nitrogen and oxygen atoms in total. The molecule has 2 aromatic heterocycles. The van der Waals surface area contributed by atoms with Crippen LogP contribution in [-0.4, -0.2) is 11.8 Å². The lowest BCUT2D eigenvalue weighted by atomic mass is 9.94. The van der Waals surface area contributed by atoms with E-state index in [1.165, 1.54) is 0 Å². The molecule has 9 rings (SSSR count). The minimum absolute atomic E-state index is 0.134. The SMILES string of the molecule is c1ccc(-c2cc(-c3ccc4c(c3)OCOc3ccc(-c5ccc6c(c5)oc5ccccc56)cc3-4)cc(-c3ccccc3)n2)cc1. The molecule has 0 bridgehead atoms. The number of hydrogen-bond donors (Lipinski definition) is 0.